The average Bonchev–Trinajstić information content (AvgIpc) is 3.00. The Morgan fingerprint density at radius 1 is 1.38 bits per heavy atom. The normalized spacial score (nSPS) is 13.2. The lowest BCUT2D eigenvalue weighted by atomic mass is 10.2. The number of benzene rings is 1. The molecular formula is C16H18N3O2+. The highest BCUT2D eigenvalue weighted by atomic mass is 16.3. The summed E-state index contributed by atoms with van der Waals surface area (Å²) in [6.07, 6.45) is 1.63. The SMILES string of the molecule is C[C@H](C(=O)Nc1ccc(C#N)cc1)[NH+](C)Cc1ccco1. The molecule has 1 aromatic carbocycles. The van der Waals surface area contributed by atoms with E-state index in [1.54, 1.807) is 30.5 Å². The quantitative estimate of drug-likeness (QED) is 0.866. The van der Waals surface area contributed by atoms with Crippen molar-refractivity contribution in [1.29, 1.82) is 5.26 Å². The number of carbonyl (C=O) groups excluding carboxylic acids is 1. The van der Waals surface area contributed by atoms with Crippen LogP contribution < -0.4 is 10.2 Å². The van der Waals surface area contributed by atoms with Crippen LogP contribution in [0.2, 0.25) is 0 Å². The number of nitrogens with one attached hydrogen (secondary N) is 2. The Labute approximate surface area is 123 Å². The standard InChI is InChI=1S/C16H17N3O2/c1-12(19(2)11-15-4-3-9-21-15)16(20)18-14-7-5-13(10-17)6-8-14/h3-9,12H,11H2,1-2H3,(H,18,20)/p+1/t12-/m1/s1. The lowest BCUT2D eigenvalue weighted by molar-refractivity contribution is -0.908. The Kier molecular flexibility index (Phi) is 4.75. The summed E-state index contributed by atoms with van der Waals surface area (Å²) >= 11 is 0. The zero-order valence-electron chi connectivity index (χ0n) is 12.1. The highest BCUT2D eigenvalue weighted by molar-refractivity contribution is 5.93. The van der Waals surface area contributed by atoms with Crippen molar-refractivity contribution in [3.8, 4) is 6.07 Å². The minimum atomic E-state index is -0.217. The summed E-state index contributed by atoms with van der Waals surface area (Å²) in [4.78, 5) is 13.2. The summed E-state index contributed by atoms with van der Waals surface area (Å²) in [7, 11) is 1.95. The number of furan rings is 1. The van der Waals surface area contributed by atoms with Crippen LogP contribution in [0.1, 0.15) is 18.2 Å². The third-order valence-electron chi connectivity index (χ3n) is 3.45. The molecule has 1 aromatic heterocycles. The molecule has 2 atom stereocenters. The van der Waals surface area contributed by atoms with Gasteiger partial charge in [0.1, 0.15) is 6.54 Å². The van der Waals surface area contributed by atoms with Crippen molar-refractivity contribution in [1.82, 2.24) is 0 Å². The molecular weight excluding hydrogens is 266 g/mol. The van der Waals surface area contributed by atoms with Gasteiger partial charge >= 0.3 is 0 Å². The molecule has 0 aliphatic rings. The Morgan fingerprint density at radius 2 is 2.10 bits per heavy atom. The van der Waals surface area contributed by atoms with E-state index in [9.17, 15) is 4.79 Å². The fourth-order valence-corrected chi connectivity index (χ4v) is 1.94. The Balaban J connectivity index is 1.93. The van der Waals surface area contributed by atoms with E-state index in [-0.39, 0.29) is 11.9 Å². The lowest BCUT2D eigenvalue weighted by Gasteiger charge is -2.20. The number of anilines is 1. The molecule has 21 heavy (non-hydrogen) atoms. The van der Waals surface area contributed by atoms with E-state index in [2.05, 4.69) is 5.32 Å². The van der Waals surface area contributed by atoms with Gasteiger partial charge in [-0.25, -0.2) is 0 Å². The number of nitrogens with zero attached hydrogens (tertiary/aromatic N) is 1. The third kappa shape index (κ3) is 3.94. The van der Waals surface area contributed by atoms with Crippen molar-refractivity contribution < 1.29 is 14.1 Å². The van der Waals surface area contributed by atoms with Crippen LogP contribution in [0.3, 0.4) is 0 Å². The van der Waals surface area contributed by atoms with Crippen LogP contribution in [0.15, 0.2) is 47.1 Å². The molecule has 5 nitrogen and oxygen atoms in total. The first kappa shape index (κ1) is 14.8. The minimum Gasteiger partial charge on any atom is -0.463 e. The molecule has 2 N–H and O–H groups in total. The number of quaternary nitrogens is 1. The molecule has 0 fully saturated rings. The second-order valence-corrected chi connectivity index (χ2v) is 5.00. The highest BCUT2D eigenvalue weighted by Crippen LogP contribution is 2.08. The average molecular weight is 284 g/mol. The zero-order valence-corrected chi connectivity index (χ0v) is 12.1. The molecule has 1 unspecified atom stereocenters. The molecule has 1 amide bonds. The zero-order chi connectivity index (χ0) is 15.2. The number of hydrogen-bond donors (Lipinski definition) is 2. The van der Waals surface area contributed by atoms with Gasteiger partial charge in [0.15, 0.2) is 11.8 Å². The largest absolute Gasteiger partial charge is 0.463 e. The van der Waals surface area contributed by atoms with Gasteiger partial charge in [-0.15, -0.1) is 0 Å². The van der Waals surface area contributed by atoms with E-state index in [0.29, 0.717) is 17.8 Å². The second-order valence-electron chi connectivity index (χ2n) is 5.00. The summed E-state index contributed by atoms with van der Waals surface area (Å²) < 4.78 is 5.29. The third-order valence-corrected chi connectivity index (χ3v) is 3.45. The fourth-order valence-electron chi connectivity index (χ4n) is 1.94. The fraction of sp³-hybridized carbons (Fsp3) is 0.250. The Morgan fingerprint density at radius 3 is 2.67 bits per heavy atom. The van der Waals surface area contributed by atoms with E-state index >= 15 is 0 Å². The number of nitriles is 1. The molecule has 1 heterocycles. The van der Waals surface area contributed by atoms with E-state index < -0.39 is 0 Å². The summed E-state index contributed by atoms with van der Waals surface area (Å²) in [5, 5.41) is 11.6. The first-order chi connectivity index (χ1) is 10.1. The molecule has 2 aromatic rings. The van der Waals surface area contributed by atoms with Crippen LogP contribution in [0.25, 0.3) is 0 Å². The number of hydrogen-bond acceptors (Lipinski definition) is 3. The van der Waals surface area contributed by atoms with Crippen molar-refractivity contribution in [2.45, 2.75) is 19.5 Å². The molecule has 5 heteroatoms. The summed E-state index contributed by atoms with van der Waals surface area (Å²) in [5.74, 6) is 0.786. The first-order valence-corrected chi connectivity index (χ1v) is 6.76. The first-order valence-electron chi connectivity index (χ1n) is 6.76. The molecule has 0 aliphatic carbocycles. The maximum Gasteiger partial charge on any atom is 0.282 e. The topological polar surface area (TPSA) is 70.5 Å². The monoisotopic (exact) mass is 284 g/mol. The molecule has 0 saturated heterocycles. The van der Waals surface area contributed by atoms with Crippen LogP contribution in [-0.2, 0) is 11.3 Å². The maximum atomic E-state index is 12.2. The van der Waals surface area contributed by atoms with Gasteiger partial charge in [-0.1, -0.05) is 0 Å². The summed E-state index contributed by atoms with van der Waals surface area (Å²) in [6, 6.07) is 12.4. The lowest BCUT2D eigenvalue weighted by Crippen LogP contribution is -3.12. The number of amides is 1. The van der Waals surface area contributed by atoms with E-state index in [4.69, 9.17) is 9.68 Å². The van der Waals surface area contributed by atoms with Gasteiger partial charge in [-0.05, 0) is 43.3 Å². The van der Waals surface area contributed by atoms with Gasteiger partial charge in [0.2, 0.25) is 0 Å². The van der Waals surface area contributed by atoms with Crippen molar-refractivity contribution in [2.24, 2.45) is 0 Å². The van der Waals surface area contributed by atoms with Crippen LogP contribution in [0.4, 0.5) is 5.69 Å². The molecule has 0 spiro atoms. The van der Waals surface area contributed by atoms with E-state index in [1.807, 2.05) is 32.2 Å². The Bertz CT molecular complexity index is 627. The van der Waals surface area contributed by atoms with Crippen LogP contribution in [0, 0.1) is 11.3 Å². The van der Waals surface area contributed by atoms with Crippen molar-refractivity contribution in [3.63, 3.8) is 0 Å². The molecule has 108 valence electrons. The smallest absolute Gasteiger partial charge is 0.282 e. The predicted octanol–water partition coefficient (Wildman–Crippen LogP) is 1.19. The number of rotatable bonds is 5. The Hall–Kier alpha value is -2.58. The molecule has 0 aliphatic heterocycles. The summed E-state index contributed by atoms with van der Waals surface area (Å²) in [5.41, 5.74) is 1.26. The van der Waals surface area contributed by atoms with Gasteiger partial charge in [-0.2, -0.15) is 5.26 Å². The van der Waals surface area contributed by atoms with Crippen molar-refractivity contribution >= 4 is 11.6 Å². The van der Waals surface area contributed by atoms with Crippen LogP contribution in [0.5, 0.6) is 0 Å². The molecule has 0 radical (unpaired) electrons. The van der Waals surface area contributed by atoms with Gasteiger partial charge in [0.25, 0.3) is 5.91 Å². The number of carbonyl (C=O) groups is 1. The molecule has 2 rings (SSSR count). The number of likely N-dealkylation sites (N-methyl/N-ethyl adjacent to an activating group) is 1. The van der Waals surface area contributed by atoms with Gasteiger partial charge in [0, 0.05) is 5.69 Å². The van der Waals surface area contributed by atoms with Crippen LogP contribution in [-0.4, -0.2) is 19.0 Å². The van der Waals surface area contributed by atoms with Crippen molar-refractivity contribution in [3.05, 3.63) is 54.0 Å². The summed E-state index contributed by atoms with van der Waals surface area (Å²) in [6.45, 7) is 2.52. The van der Waals surface area contributed by atoms with Gasteiger partial charge in [-0.3, -0.25) is 4.79 Å². The molecule has 0 saturated carbocycles. The van der Waals surface area contributed by atoms with Crippen LogP contribution >= 0.6 is 0 Å². The van der Waals surface area contributed by atoms with Gasteiger partial charge < -0.3 is 14.6 Å². The molecule has 0 bridgehead atoms. The predicted molar refractivity (Wildman–Crippen MR) is 78.5 cm³/mol. The second kappa shape index (κ2) is 6.73. The highest BCUT2D eigenvalue weighted by Gasteiger charge is 2.22. The van der Waals surface area contributed by atoms with Crippen molar-refractivity contribution in [2.75, 3.05) is 12.4 Å². The van der Waals surface area contributed by atoms with E-state index in [1.165, 1.54) is 0 Å². The minimum absolute atomic E-state index is 0.0660. The maximum absolute atomic E-state index is 12.2. The van der Waals surface area contributed by atoms with E-state index in [0.717, 1.165) is 10.7 Å². The van der Waals surface area contributed by atoms with Gasteiger partial charge in [0.05, 0.1) is 24.9 Å².